The van der Waals surface area contributed by atoms with Crippen molar-refractivity contribution in [3.63, 3.8) is 0 Å². The first kappa shape index (κ1) is 9.18. The molecule has 0 bridgehead atoms. The molecule has 3 N–H and O–H groups in total. The number of thiophene rings is 1. The summed E-state index contributed by atoms with van der Waals surface area (Å²) in [6, 6.07) is 3.61. The van der Waals surface area contributed by atoms with Crippen LogP contribution in [0.5, 0.6) is 0 Å². The molecule has 3 nitrogen and oxygen atoms in total. The van der Waals surface area contributed by atoms with E-state index in [1.54, 1.807) is 11.4 Å². The standard InChI is InChI=1S/C10H9NO2S/c11-8-1-2-9-10(7(8)4-13)6(3-12)5-14-9/h1-3,5,13H,4,11H2. The van der Waals surface area contributed by atoms with Crippen LogP contribution in [0.3, 0.4) is 0 Å². The molecule has 72 valence electrons. The molecule has 1 aromatic carbocycles. The second kappa shape index (κ2) is 3.40. The number of nitrogens with two attached hydrogens (primary N) is 1. The van der Waals surface area contributed by atoms with E-state index in [0.29, 0.717) is 16.8 Å². The minimum atomic E-state index is -0.138. The summed E-state index contributed by atoms with van der Waals surface area (Å²) in [5.41, 5.74) is 7.48. The average Bonchev–Trinajstić information content (AvgIpc) is 2.61. The molecule has 0 aliphatic rings. The Labute approximate surface area is 84.8 Å². The fraction of sp³-hybridized carbons (Fsp3) is 0.100. The normalized spacial score (nSPS) is 10.6. The summed E-state index contributed by atoms with van der Waals surface area (Å²) < 4.78 is 0.977. The van der Waals surface area contributed by atoms with Crippen molar-refractivity contribution in [1.29, 1.82) is 0 Å². The number of fused-ring (bicyclic) bond motifs is 1. The number of hydrogen-bond acceptors (Lipinski definition) is 4. The van der Waals surface area contributed by atoms with Gasteiger partial charge in [-0.25, -0.2) is 0 Å². The van der Waals surface area contributed by atoms with Crippen molar-refractivity contribution >= 4 is 33.4 Å². The van der Waals surface area contributed by atoms with E-state index in [-0.39, 0.29) is 6.61 Å². The maximum atomic E-state index is 10.7. The molecule has 14 heavy (non-hydrogen) atoms. The minimum absolute atomic E-state index is 0.138. The summed E-state index contributed by atoms with van der Waals surface area (Å²) in [5, 5.41) is 11.7. The zero-order chi connectivity index (χ0) is 10.1. The summed E-state index contributed by atoms with van der Waals surface area (Å²) in [4.78, 5) is 10.7. The van der Waals surface area contributed by atoms with E-state index >= 15 is 0 Å². The molecule has 0 atom stereocenters. The van der Waals surface area contributed by atoms with Crippen LogP contribution in [0.2, 0.25) is 0 Å². The van der Waals surface area contributed by atoms with Gasteiger partial charge in [-0.3, -0.25) is 4.79 Å². The third-order valence-electron chi connectivity index (χ3n) is 2.20. The SMILES string of the molecule is Nc1ccc2scc(C=O)c2c1CO. The second-order valence-electron chi connectivity index (χ2n) is 2.97. The third-order valence-corrected chi connectivity index (χ3v) is 3.16. The molecular weight excluding hydrogens is 198 g/mol. The molecule has 0 amide bonds. The number of aliphatic hydroxyl groups is 1. The highest BCUT2D eigenvalue weighted by Crippen LogP contribution is 2.31. The zero-order valence-electron chi connectivity index (χ0n) is 7.36. The smallest absolute Gasteiger partial charge is 0.151 e. The molecule has 0 saturated carbocycles. The van der Waals surface area contributed by atoms with Crippen LogP contribution in [0.4, 0.5) is 5.69 Å². The van der Waals surface area contributed by atoms with E-state index < -0.39 is 0 Å². The molecule has 0 radical (unpaired) electrons. The Kier molecular flexibility index (Phi) is 2.23. The summed E-state index contributed by atoms with van der Waals surface area (Å²) in [6.45, 7) is -0.138. The molecule has 0 spiro atoms. The van der Waals surface area contributed by atoms with Crippen molar-refractivity contribution in [2.45, 2.75) is 6.61 Å². The predicted molar refractivity (Wildman–Crippen MR) is 57.5 cm³/mol. The quantitative estimate of drug-likeness (QED) is 0.583. The monoisotopic (exact) mass is 207 g/mol. The van der Waals surface area contributed by atoms with Crippen LogP contribution >= 0.6 is 11.3 Å². The Bertz CT molecular complexity index is 490. The maximum Gasteiger partial charge on any atom is 0.151 e. The van der Waals surface area contributed by atoms with Crippen LogP contribution in [0, 0.1) is 0 Å². The van der Waals surface area contributed by atoms with Crippen molar-refractivity contribution < 1.29 is 9.90 Å². The Morgan fingerprint density at radius 1 is 1.50 bits per heavy atom. The molecule has 1 aromatic heterocycles. The Morgan fingerprint density at radius 3 is 2.93 bits per heavy atom. The van der Waals surface area contributed by atoms with Crippen LogP contribution in [0.1, 0.15) is 15.9 Å². The zero-order valence-corrected chi connectivity index (χ0v) is 8.17. The Balaban J connectivity index is 2.88. The van der Waals surface area contributed by atoms with Gasteiger partial charge in [0.1, 0.15) is 0 Å². The summed E-state index contributed by atoms with van der Waals surface area (Å²) in [7, 11) is 0. The van der Waals surface area contributed by atoms with Gasteiger partial charge in [-0.15, -0.1) is 11.3 Å². The van der Waals surface area contributed by atoms with Gasteiger partial charge in [0.25, 0.3) is 0 Å². The predicted octanol–water partition coefficient (Wildman–Crippen LogP) is 1.79. The van der Waals surface area contributed by atoms with Gasteiger partial charge in [-0.2, -0.15) is 0 Å². The molecule has 0 unspecified atom stereocenters. The molecule has 0 fully saturated rings. The molecule has 0 aliphatic heterocycles. The van der Waals surface area contributed by atoms with Gasteiger partial charge < -0.3 is 10.8 Å². The molecular formula is C10H9NO2S. The van der Waals surface area contributed by atoms with Crippen molar-refractivity contribution in [2.24, 2.45) is 0 Å². The van der Waals surface area contributed by atoms with Crippen molar-refractivity contribution in [3.05, 3.63) is 28.6 Å². The highest BCUT2D eigenvalue weighted by atomic mass is 32.1. The Hall–Kier alpha value is -1.39. The van der Waals surface area contributed by atoms with Crippen LogP contribution in [-0.4, -0.2) is 11.4 Å². The van der Waals surface area contributed by atoms with E-state index in [1.165, 1.54) is 11.3 Å². The van der Waals surface area contributed by atoms with Crippen LogP contribution < -0.4 is 5.73 Å². The number of carbonyl (C=O) groups is 1. The highest BCUT2D eigenvalue weighted by Gasteiger charge is 2.10. The van der Waals surface area contributed by atoms with Gasteiger partial charge in [0.05, 0.1) is 6.61 Å². The summed E-state index contributed by atoms with van der Waals surface area (Å²) >= 11 is 1.48. The number of rotatable bonds is 2. The molecule has 4 heteroatoms. The minimum Gasteiger partial charge on any atom is -0.398 e. The Morgan fingerprint density at radius 2 is 2.29 bits per heavy atom. The van der Waals surface area contributed by atoms with Gasteiger partial charge in [0.15, 0.2) is 6.29 Å². The van der Waals surface area contributed by atoms with Crippen molar-refractivity contribution in [3.8, 4) is 0 Å². The van der Waals surface area contributed by atoms with E-state index in [0.717, 1.165) is 16.4 Å². The van der Waals surface area contributed by atoms with Gasteiger partial charge in [-0.05, 0) is 12.1 Å². The lowest BCUT2D eigenvalue weighted by molar-refractivity contribution is 0.112. The molecule has 0 saturated heterocycles. The largest absolute Gasteiger partial charge is 0.398 e. The molecule has 2 aromatic rings. The van der Waals surface area contributed by atoms with Gasteiger partial charge >= 0.3 is 0 Å². The number of nitrogen functional groups attached to an aromatic ring is 1. The van der Waals surface area contributed by atoms with E-state index in [2.05, 4.69) is 0 Å². The van der Waals surface area contributed by atoms with Crippen LogP contribution in [-0.2, 0) is 6.61 Å². The van der Waals surface area contributed by atoms with E-state index in [1.807, 2.05) is 6.07 Å². The average molecular weight is 207 g/mol. The van der Waals surface area contributed by atoms with Gasteiger partial charge in [0, 0.05) is 32.3 Å². The lowest BCUT2D eigenvalue weighted by atomic mass is 10.1. The van der Waals surface area contributed by atoms with Gasteiger partial charge in [-0.1, -0.05) is 0 Å². The number of hydrogen-bond donors (Lipinski definition) is 2. The summed E-state index contributed by atoms with van der Waals surface area (Å²) in [6.07, 6.45) is 0.789. The van der Waals surface area contributed by atoms with Crippen molar-refractivity contribution in [1.82, 2.24) is 0 Å². The second-order valence-corrected chi connectivity index (χ2v) is 3.88. The first-order valence-corrected chi connectivity index (χ1v) is 5.00. The number of aldehydes is 1. The first-order chi connectivity index (χ1) is 6.77. The number of carbonyl (C=O) groups excluding carboxylic acids is 1. The van der Waals surface area contributed by atoms with Gasteiger partial charge in [0.2, 0.25) is 0 Å². The van der Waals surface area contributed by atoms with E-state index in [4.69, 9.17) is 10.8 Å². The fourth-order valence-electron chi connectivity index (χ4n) is 1.50. The maximum absolute atomic E-state index is 10.7. The van der Waals surface area contributed by atoms with E-state index in [9.17, 15) is 4.79 Å². The summed E-state index contributed by atoms with van der Waals surface area (Å²) in [5.74, 6) is 0. The van der Waals surface area contributed by atoms with Crippen LogP contribution in [0.15, 0.2) is 17.5 Å². The molecule has 0 aliphatic carbocycles. The first-order valence-electron chi connectivity index (χ1n) is 4.12. The third kappa shape index (κ3) is 1.20. The molecule has 1 heterocycles. The number of benzene rings is 1. The van der Waals surface area contributed by atoms with Crippen LogP contribution in [0.25, 0.3) is 10.1 Å². The highest BCUT2D eigenvalue weighted by molar-refractivity contribution is 7.17. The topological polar surface area (TPSA) is 63.3 Å². The number of anilines is 1. The lowest BCUT2D eigenvalue weighted by Gasteiger charge is -2.04. The van der Waals surface area contributed by atoms with Crippen molar-refractivity contribution in [2.75, 3.05) is 5.73 Å². The molecule has 2 rings (SSSR count). The number of aliphatic hydroxyl groups excluding tert-OH is 1. The fourth-order valence-corrected chi connectivity index (χ4v) is 2.43. The lowest BCUT2D eigenvalue weighted by Crippen LogP contribution is -1.95.